The van der Waals surface area contributed by atoms with E-state index in [0.29, 0.717) is 49.4 Å². The van der Waals surface area contributed by atoms with Crippen molar-refractivity contribution < 1.29 is 42.4 Å². The van der Waals surface area contributed by atoms with Gasteiger partial charge in [0.05, 0.1) is 33.9 Å². The first-order valence-electron chi connectivity index (χ1n) is 20.0. The molecule has 21 heteroatoms. The Morgan fingerprint density at radius 2 is 1.08 bits per heavy atom. The van der Waals surface area contributed by atoms with Gasteiger partial charge in [-0.15, -0.1) is 0 Å². The van der Waals surface area contributed by atoms with Crippen LogP contribution in [0.1, 0.15) is 46.6 Å². The molecule has 2 fully saturated rings. The van der Waals surface area contributed by atoms with E-state index in [4.69, 9.17) is 14.6 Å². The van der Waals surface area contributed by atoms with Crippen molar-refractivity contribution in [2.75, 3.05) is 80.3 Å². The maximum absolute atomic E-state index is 15.3. The predicted octanol–water partition coefficient (Wildman–Crippen LogP) is 3.73. The van der Waals surface area contributed by atoms with E-state index < -0.39 is 45.8 Å². The third-order valence-electron chi connectivity index (χ3n) is 11.1. The molecule has 0 spiro atoms. The highest BCUT2D eigenvalue weighted by atomic mass is 19.2. The number of benzene rings is 2. The highest BCUT2D eigenvalue weighted by Gasteiger charge is 2.32. The molecule has 4 aromatic heterocycles. The number of ether oxygens (including phenoxy) is 2. The maximum Gasteiger partial charge on any atom is 0.341 e. The minimum atomic E-state index is -1.41. The Bertz CT molecular complexity index is 2840. The lowest BCUT2D eigenvalue weighted by Crippen LogP contribution is -2.47. The van der Waals surface area contributed by atoms with Crippen LogP contribution >= 0.6 is 0 Å². The first-order chi connectivity index (χ1) is 30.3. The van der Waals surface area contributed by atoms with Crippen LogP contribution in [0.15, 0.2) is 71.0 Å². The molecule has 0 saturated carbocycles. The molecule has 4 aliphatic heterocycles. The number of nitrogens with zero attached hydrogens (tertiary/aromatic N) is 9. The molecule has 3 N–H and O–H groups in total. The zero-order valence-corrected chi connectivity index (χ0v) is 34.0. The maximum atomic E-state index is 15.3. The van der Waals surface area contributed by atoms with Crippen molar-refractivity contribution in [1.29, 1.82) is 0 Å². The van der Waals surface area contributed by atoms with Crippen molar-refractivity contribution in [2.24, 2.45) is 0 Å². The minimum absolute atomic E-state index is 0.0130. The smallest absolute Gasteiger partial charge is 0.341 e. The molecule has 6 aromatic rings. The number of carbonyl (C=O) groups is 2. The molecule has 0 amide bonds. The summed E-state index contributed by atoms with van der Waals surface area (Å²) in [7, 11) is 0. The lowest BCUT2D eigenvalue weighted by atomic mass is 10.1. The number of carboxylic acid groups (broad SMARTS) is 2. The quantitative estimate of drug-likeness (QED) is 0.225. The van der Waals surface area contributed by atoms with Crippen molar-refractivity contribution in [3.8, 4) is 11.5 Å². The topological polar surface area (TPSA) is 210 Å². The van der Waals surface area contributed by atoms with Crippen LogP contribution in [0.5, 0.6) is 11.5 Å². The van der Waals surface area contributed by atoms with Crippen molar-refractivity contribution in [2.45, 2.75) is 25.9 Å². The third kappa shape index (κ3) is 8.13. The Kier molecular flexibility index (Phi) is 11.8. The predicted molar refractivity (Wildman–Crippen MR) is 224 cm³/mol. The molecule has 2 atom stereocenters. The fraction of sp³-hybridized carbons (Fsp3) is 0.333. The van der Waals surface area contributed by atoms with Crippen LogP contribution in [0.4, 0.5) is 30.8 Å². The number of rotatable bonds is 5. The number of hydrogen-bond acceptors (Lipinski definition) is 14. The minimum Gasteiger partial charge on any atom is -0.487 e. The van der Waals surface area contributed by atoms with Crippen molar-refractivity contribution in [1.82, 2.24) is 34.4 Å². The number of aromatic nitrogens is 6. The van der Waals surface area contributed by atoms with E-state index in [1.807, 2.05) is 22.8 Å². The van der Waals surface area contributed by atoms with Crippen LogP contribution in [0.25, 0.3) is 21.8 Å². The Morgan fingerprint density at radius 1 is 0.651 bits per heavy atom. The lowest BCUT2D eigenvalue weighted by molar-refractivity contribution is 0.0683. The van der Waals surface area contributed by atoms with E-state index in [1.165, 1.54) is 10.8 Å². The Balaban J connectivity index is 0.000000145. The average Bonchev–Trinajstić information content (AvgIpc) is 3.30. The number of halogens is 3. The summed E-state index contributed by atoms with van der Waals surface area (Å²) in [6.45, 7) is 10.2. The number of piperazine rings is 2. The molecule has 10 rings (SSSR count). The fourth-order valence-electron chi connectivity index (χ4n) is 7.91. The largest absolute Gasteiger partial charge is 0.487 e. The average molecular weight is 871 g/mol. The van der Waals surface area contributed by atoms with Gasteiger partial charge in [0.25, 0.3) is 0 Å². The van der Waals surface area contributed by atoms with E-state index in [9.17, 15) is 33.1 Å². The Morgan fingerprint density at radius 3 is 1.57 bits per heavy atom. The van der Waals surface area contributed by atoms with E-state index in [1.54, 1.807) is 42.3 Å². The molecule has 2 saturated heterocycles. The number of nitrogens with one attached hydrogen (secondary N) is 1. The molecule has 0 unspecified atom stereocenters. The number of aromatic carboxylic acids is 2. The van der Waals surface area contributed by atoms with Crippen LogP contribution in [-0.2, 0) is 0 Å². The summed E-state index contributed by atoms with van der Waals surface area (Å²) in [4.78, 5) is 70.4. The summed E-state index contributed by atoms with van der Waals surface area (Å²) in [6, 6.07) is 4.94. The molecule has 2 aromatic carbocycles. The van der Waals surface area contributed by atoms with Crippen molar-refractivity contribution in [3.05, 3.63) is 110 Å². The second-order valence-electron chi connectivity index (χ2n) is 15.1. The summed E-state index contributed by atoms with van der Waals surface area (Å²) in [5, 5.41) is 21.5. The van der Waals surface area contributed by atoms with Crippen molar-refractivity contribution >= 4 is 51.3 Å². The third-order valence-corrected chi connectivity index (χ3v) is 11.1. The van der Waals surface area contributed by atoms with Crippen LogP contribution < -0.4 is 40.3 Å². The van der Waals surface area contributed by atoms with Gasteiger partial charge >= 0.3 is 11.9 Å². The second kappa shape index (κ2) is 17.6. The molecule has 0 aliphatic carbocycles. The highest BCUT2D eigenvalue weighted by Crippen LogP contribution is 2.42. The first-order valence-corrected chi connectivity index (χ1v) is 20.0. The number of carboxylic acids is 2. The molecule has 328 valence electrons. The fourth-order valence-corrected chi connectivity index (χ4v) is 7.91. The number of hydrogen-bond donors (Lipinski definition) is 3. The summed E-state index contributed by atoms with van der Waals surface area (Å²) in [5.74, 6) is -4.37. The molecule has 18 nitrogen and oxygen atoms in total. The van der Waals surface area contributed by atoms with E-state index >= 15 is 4.39 Å². The van der Waals surface area contributed by atoms with Gasteiger partial charge in [-0.05, 0) is 38.1 Å². The normalized spacial score (nSPS) is 17.8. The van der Waals surface area contributed by atoms with Crippen LogP contribution in [0, 0.1) is 17.5 Å². The van der Waals surface area contributed by atoms with Gasteiger partial charge in [0.2, 0.25) is 28.6 Å². The molecular formula is C42H41F3N10O8. The Hall–Kier alpha value is -7.29. The van der Waals surface area contributed by atoms with Crippen LogP contribution in [-0.4, -0.2) is 117 Å². The van der Waals surface area contributed by atoms with Gasteiger partial charge in [-0.2, -0.15) is 4.39 Å². The number of pyridine rings is 2. The van der Waals surface area contributed by atoms with Gasteiger partial charge in [0.1, 0.15) is 30.0 Å². The SMILES string of the molecule is C[C@H]1COc2c(F)c(F)cc3c(=O)c(C(=O)O)cn1c23.C[C@H]1COc2c(N3CCN(c4ncccn4)CC3)c(F)cc3c(=O)c(C(=O)O)cn1c23.c1cnc(N2CCNCC2)nc1. The molecule has 8 heterocycles. The standard InChI is InChI=1S/C21H20FN5O4.C13H9F2NO4.C8H12N4/c1-12-11-31-19-16-13(18(28)14(20(29)30)10-27(12)16)9-15(22)17(19)25-5-7-26(8-6-25)21-23-3-2-4-24-21;1-5-4-20-12-9(15)8(14)2-6-10(12)16(5)3-7(11(6)17)13(18)19;1-2-10-8(11-3-1)12-6-4-9-5-7-12/h2-4,9-10,12H,5-8,11H2,1H3,(H,29,30);2-3,5H,4H2,1H3,(H,18,19);1-3,9H,4-7H2/t12-;5-;/m00./s1. The summed E-state index contributed by atoms with van der Waals surface area (Å²) in [6.07, 6.45) is 9.40. The van der Waals surface area contributed by atoms with Gasteiger partial charge in [-0.25, -0.2) is 38.3 Å². The van der Waals surface area contributed by atoms with E-state index in [0.717, 1.165) is 44.4 Å². The summed E-state index contributed by atoms with van der Waals surface area (Å²) in [5.41, 5.74) is -1.63. The van der Waals surface area contributed by atoms with Gasteiger partial charge in [-0.3, -0.25) is 9.59 Å². The van der Waals surface area contributed by atoms with Crippen LogP contribution in [0.3, 0.4) is 0 Å². The zero-order chi connectivity index (χ0) is 44.5. The molecule has 63 heavy (non-hydrogen) atoms. The molecule has 0 bridgehead atoms. The molecule has 0 radical (unpaired) electrons. The zero-order valence-electron chi connectivity index (χ0n) is 34.0. The summed E-state index contributed by atoms with van der Waals surface area (Å²) < 4.78 is 56.7. The Labute approximate surface area is 355 Å². The van der Waals surface area contributed by atoms with Gasteiger partial charge in [-0.1, -0.05) is 0 Å². The van der Waals surface area contributed by atoms with Crippen LogP contribution in [0.2, 0.25) is 0 Å². The molecular weight excluding hydrogens is 830 g/mol. The van der Waals surface area contributed by atoms with Gasteiger partial charge in [0, 0.05) is 89.5 Å². The van der Waals surface area contributed by atoms with E-state index in [-0.39, 0.29) is 58.6 Å². The molecule has 4 aliphatic rings. The highest BCUT2D eigenvalue weighted by molar-refractivity contribution is 5.97. The number of anilines is 3. The van der Waals surface area contributed by atoms with Gasteiger partial charge < -0.3 is 48.8 Å². The van der Waals surface area contributed by atoms with Crippen molar-refractivity contribution in [3.63, 3.8) is 0 Å². The lowest BCUT2D eigenvalue weighted by Gasteiger charge is -2.38. The second-order valence-corrected chi connectivity index (χ2v) is 15.1. The first kappa shape index (κ1) is 42.4. The van der Waals surface area contributed by atoms with E-state index in [2.05, 4.69) is 30.2 Å². The summed E-state index contributed by atoms with van der Waals surface area (Å²) >= 11 is 0. The monoisotopic (exact) mass is 870 g/mol. The van der Waals surface area contributed by atoms with Gasteiger partial charge in [0.15, 0.2) is 23.1 Å².